The average molecular weight is 401 g/mol. The quantitative estimate of drug-likeness (QED) is 0.552. The summed E-state index contributed by atoms with van der Waals surface area (Å²) in [7, 11) is 0. The van der Waals surface area contributed by atoms with E-state index in [2.05, 4.69) is 11.1 Å². The highest BCUT2D eigenvalue weighted by molar-refractivity contribution is 6.34. The number of amides is 1. The van der Waals surface area contributed by atoms with E-state index >= 15 is 0 Å². The number of carboxylic acids is 1. The molecule has 6 nitrogen and oxygen atoms in total. The normalized spacial score (nSPS) is 14.8. The highest BCUT2D eigenvalue weighted by Crippen LogP contribution is 2.33. The summed E-state index contributed by atoms with van der Waals surface area (Å²) in [5.74, 6) is 0.305. The molecule has 4 rings (SSSR count). The Hall–Kier alpha value is -3.90. The van der Waals surface area contributed by atoms with E-state index in [0.29, 0.717) is 23.5 Å². The fourth-order valence-electron chi connectivity index (χ4n) is 3.28. The number of rotatable bonds is 6. The molecule has 0 saturated heterocycles. The van der Waals surface area contributed by atoms with Gasteiger partial charge < -0.3 is 20.9 Å². The molecule has 0 fully saturated rings. The van der Waals surface area contributed by atoms with Crippen LogP contribution >= 0.6 is 0 Å². The summed E-state index contributed by atoms with van der Waals surface area (Å²) in [6, 6.07) is 21.7. The maximum atomic E-state index is 12.2. The van der Waals surface area contributed by atoms with E-state index < -0.39 is 12.0 Å². The van der Waals surface area contributed by atoms with Crippen LogP contribution in [0.2, 0.25) is 0 Å². The second-order valence-electron chi connectivity index (χ2n) is 7.11. The lowest BCUT2D eigenvalue weighted by Gasteiger charge is -2.08. The van der Waals surface area contributed by atoms with Crippen molar-refractivity contribution in [2.24, 2.45) is 0 Å². The molecule has 0 aromatic heterocycles. The first kappa shape index (κ1) is 19.4. The highest BCUT2D eigenvalue weighted by Gasteiger charge is 2.23. The maximum Gasteiger partial charge on any atom is 0.362 e. The summed E-state index contributed by atoms with van der Waals surface area (Å²) in [6.07, 6.45) is 2.23. The van der Waals surface area contributed by atoms with Crippen LogP contribution in [0.25, 0.3) is 11.6 Å². The minimum absolute atomic E-state index is 0.107. The number of para-hydroxylation sites is 1. The number of aliphatic carboxylic acids is 1. The Kier molecular flexibility index (Phi) is 5.32. The Balaban J connectivity index is 1.44. The van der Waals surface area contributed by atoms with Crippen molar-refractivity contribution in [3.8, 4) is 11.5 Å². The number of fused-ring (bicyclic) bond motifs is 1. The Bertz CT molecular complexity index is 1120. The van der Waals surface area contributed by atoms with Crippen LogP contribution < -0.4 is 15.8 Å². The van der Waals surface area contributed by atoms with Crippen molar-refractivity contribution in [3.63, 3.8) is 0 Å². The van der Waals surface area contributed by atoms with Gasteiger partial charge in [0, 0.05) is 23.2 Å². The Morgan fingerprint density at radius 1 is 1.00 bits per heavy atom. The van der Waals surface area contributed by atoms with Gasteiger partial charge >= 0.3 is 5.97 Å². The van der Waals surface area contributed by atoms with Gasteiger partial charge in [-0.15, -0.1) is 0 Å². The first-order valence-corrected chi connectivity index (χ1v) is 9.55. The molecule has 0 radical (unpaired) electrons. The third-order valence-corrected chi connectivity index (χ3v) is 4.89. The smallest absolute Gasteiger partial charge is 0.362 e. The fourth-order valence-corrected chi connectivity index (χ4v) is 3.28. The molecular weight excluding hydrogens is 380 g/mol. The van der Waals surface area contributed by atoms with Crippen LogP contribution in [0.5, 0.6) is 11.5 Å². The Labute approximate surface area is 173 Å². The number of ether oxygens (including phenoxy) is 1. The predicted molar refractivity (Wildman–Crippen MR) is 114 cm³/mol. The number of nitrogens with one attached hydrogen (secondary N) is 1. The molecule has 1 aliphatic heterocycles. The number of benzene rings is 3. The van der Waals surface area contributed by atoms with Crippen LogP contribution in [0.3, 0.4) is 0 Å². The predicted octanol–water partition coefficient (Wildman–Crippen LogP) is 3.21. The maximum absolute atomic E-state index is 12.2. The molecule has 1 heterocycles. The molecule has 0 aliphatic carbocycles. The van der Waals surface area contributed by atoms with E-state index in [1.807, 2.05) is 66.7 Å². The van der Waals surface area contributed by atoms with Crippen molar-refractivity contribution in [1.29, 1.82) is 0 Å². The Morgan fingerprint density at radius 3 is 2.30 bits per heavy atom. The van der Waals surface area contributed by atoms with Gasteiger partial charge in [-0.05, 0) is 47.5 Å². The molecule has 150 valence electrons. The molecule has 5 N–H and O–H groups in total. The number of hydrogen-bond donors (Lipinski definition) is 3. The number of carbonyl (C=O) groups excluding carboxylic acids is 1. The molecule has 1 atom stereocenters. The molecule has 0 bridgehead atoms. The minimum Gasteiger partial charge on any atom is -0.477 e. The molecule has 1 aliphatic rings. The molecule has 6 heteroatoms. The zero-order valence-corrected chi connectivity index (χ0v) is 16.2. The largest absolute Gasteiger partial charge is 0.477 e. The van der Waals surface area contributed by atoms with Gasteiger partial charge in [0.05, 0.1) is 0 Å². The van der Waals surface area contributed by atoms with Crippen LogP contribution in [-0.2, 0) is 16.0 Å². The number of quaternary nitrogens is 1. The third kappa shape index (κ3) is 4.24. The molecule has 0 spiro atoms. The number of carbonyl (C=O) groups is 2. The lowest BCUT2D eigenvalue weighted by atomic mass is 10.0. The van der Waals surface area contributed by atoms with E-state index in [-0.39, 0.29) is 5.91 Å². The topological polar surface area (TPSA) is 103 Å². The van der Waals surface area contributed by atoms with Crippen molar-refractivity contribution in [1.82, 2.24) is 0 Å². The highest BCUT2D eigenvalue weighted by atomic mass is 16.5. The van der Waals surface area contributed by atoms with Crippen LogP contribution in [0.4, 0.5) is 5.69 Å². The summed E-state index contributed by atoms with van der Waals surface area (Å²) in [5, 5.41) is 11.8. The van der Waals surface area contributed by atoms with E-state index in [1.165, 1.54) is 0 Å². The monoisotopic (exact) mass is 401 g/mol. The number of carboxylic acid groups (broad SMARTS) is 1. The van der Waals surface area contributed by atoms with Gasteiger partial charge in [0.25, 0.3) is 5.91 Å². The van der Waals surface area contributed by atoms with Crippen LogP contribution in [-0.4, -0.2) is 23.0 Å². The zero-order chi connectivity index (χ0) is 21.1. The van der Waals surface area contributed by atoms with Crippen LogP contribution in [0, 0.1) is 0 Å². The minimum atomic E-state index is -0.913. The van der Waals surface area contributed by atoms with Gasteiger partial charge in [-0.25, -0.2) is 4.79 Å². The zero-order valence-electron chi connectivity index (χ0n) is 16.2. The van der Waals surface area contributed by atoms with Gasteiger partial charge in [-0.1, -0.05) is 42.5 Å². The molecule has 1 unspecified atom stereocenters. The SMILES string of the molecule is [NH3+]C(Cc1ccc(Oc2ccc(/C=C3/C(=O)Nc4ccccc43)cc2)cc1)C(=O)O. The number of anilines is 1. The second-order valence-corrected chi connectivity index (χ2v) is 7.11. The molecule has 1 amide bonds. The van der Waals surface area contributed by atoms with Crippen molar-refractivity contribution in [3.05, 3.63) is 89.5 Å². The first-order chi connectivity index (χ1) is 14.5. The summed E-state index contributed by atoms with van der Waals surface area (Å²) in [4.78, 5) is 23.1. The molecule has 3 aromatic rings. The van der Waals surface area contributed by atoms with Gasteiger partial charge in [-0.3, -0.25) is 4.79 Å². The summed E-state index contributed by atoms with van der Waals surface area (Å²) in [5.41, 5.74) is 7.78. The van der Waals surface area contributed by atoms with Gasteiger partial charge in [-0.2, -0.15) is 0 Å². The lowest BCUT2D eigenvalue weighted by molar-refractivity contribution is -0.407. The van der Waals surface area contributed by atoms with E-state index in [1.54, 1.807) is 12.1 Å². The van der Waals surface area contributed by atoms with Crippen molar-refractivity contribution >= 4 is 29.2 Å². The fraction of sp³-hybridized carbons (Fsp3) is 0.0833. The van der Waals surface area contributed by atoms with Gasteiger partial charge in [0.15, 0.2) is 6.04 Å². The van der Waals surface area contributed by atoms with Gasteiger partial charge in [0.1, 0.15) is 11.5 Å². The average Bonchev–Trinajstić information content (AvgIpc) is 3.06. The van der Waals surface area contributed by atoms with Crippen molar-refractivity contribution in [2.75, 3.05) is 5.32 Å². The Morgan fingerprint density at radius 2 is 1.63 bits per heavy atom. The molecule has 30 heavy (non-hydrogen) atoms. The van der Waals surface area contributed by atoms with Crippen LogP contribution in [0.1, 0.15) is 16.7 Å². The van der Waals surface area contributed by atoms with Gasteiger partial charge in [0.2, 0.25) is 0 Å². The van der Waals surface area contributed by atoms with Crippen molar-refractivity contribution in [2.45, 2.75) is 12.5 Å². The molecule has 0 saturated carbocycles. The third-order valence-electron chi connectivity index (χ3n) is 4.89. The standard InChI is InChI=1S/C24H20N2O4/c25-21(24(28)29)14-16-7-11-18(12-8-16)30-17-9-5-15(6-10-17)13-20-19-3-1-2-4-22(19)26-23(20)27/h1-13,21H,14,25H2,(H,26,27)(H,28,29)/p+1/b20-13+. The van der Waals surface area contributed by atoms with E-state index in [4.69, 9.17) is 9.84 Å². The molecule has 3 aromatic carbocycles. The summed E-state index contributed by atoms with van der Waals surface area (Å²) in [6.45, 7) is 0. The van der Waals surface area contributed by atoms with Crippen LogP contribution in [0.15, 0.2) is 72.8 Å². The molecular formula is C24H21N2O4+. The lowest BCUT2D eigenvalue weighted by Crippen LogP contribution is -2.65. The van der Waals surface area contributed by atoms with Crippen molar-refractivity contribution < 1.29 is 25.2 Å². The number of hydrogen-bond acceptors (Lipinski definition) is 3. The van der Waals surface area contributed by atoms with E-state index in [0.717, 1.165) is 22.4 Å². The first-order valence-electron chi connectivity index (χ1n) is 9.55. The summed E-state index contributed by atoms with van der Waals surface area (Å²) >= 11 is 0. The van der Waals surface area contributed by atoms with E-state index in [9.17, 15) is 9.59 Å². The second kappa shape index (κ2) is 8.23. The summed E-state index contributed by atoms with van der Waals surface area (Å²) < 4.78 is 5.86.